The smallest absolute Gasteiger partial charge is 0.201 e. The van der Waals surface area contributed by atoms with Crippen LogP contribution in [0.25, 0.3) is 0 Å². The van der Waals surface area contributed by atoms with Gasteiger partial charge in [-0.25, -0.2) is 4.99 Å². The van der Waals surface area contributed by atoms with Crippen LogP contribution in [0.4, 0.5) is 5.69 Å². The number of hydrogen-bond donors (Lipinski definition) is 0. The highest BCUT2D eigenvalue weighted by molar-refractivity contribution is 5.83. The summed E-state index contributed by atoms with van der Waals surface area (Å²) in [6, 6.07) is 8.68. The first-order chi connectivity index (χ1) is 9.20. The molecule has 0 atom stereocenters. The minimum atomic E-state index is 1.05. The Bertz CT molecular complexity index is 410. The molecule has 0 aliphatic carbocycles. The summed E-state index contributed by atoms with van der Waals surface area (Å²) in [6.45, 7) is 4.42. The summed E-state index contributed by atoms with van der Waals surface area (Å²) in [6.07, 6.45) is 4.90. The largest absolute Gasteiger partial charge is 0.346 e. The van der Waals surface area contributed by atoms with Crippen LogP contribution in [0.2, 0.25) is 0 Å². The van der Waals surface area contributed by atoms with Crippen LogP contribution >= 0.6 is 0 Å². The summed E-state index contributed by atoms with van der Waals surface area (Å²) >= 11 is 0. The van der Waals surface area contributed by atoms with Gasteiger partial charge in [-0.05, 0) is 37.0 Å². The van der Waals surface area contributed by atoms with Crippen molar-refractivity contribution in [2.45, 2.75) is 32.6 Å². The van der Waals surface area contributed by atoms with Gasteiger partial charge < -0.3 is 9.80 Å². The molecule has 0 amide bonds. The monoisotopic (exact) mass is 259 g/mol. The second kappa shape index (κ2) is 6.60. The number of guanidine groups is 1. The molecule has 1 heterocycles. The zero-order valence-electron chi connectivity index (χ0n) is 12.4. The van der Waals surface area contributed by atoms with Crippen molar-refractivity contribution >= 4 is 11.6 Å². The quantitative estimate of drug-likeness (QED) is 0.826. The van der Waals surface area contributed by atoms with Gasteiger partial charge in [0.2, 0.25) is 5.96 Å². The van der Waals surface area contributed by atoms with Crippen LogP contribution in [-0.4, -0.2) is 42.9 Å². The molecule has 0 radical (unpaired) electrons. The van der Waals surface area contributed by atoms with E-state index < -0.39 is 0 Å². The van der Waals surface area contributed by atoms with Crippen molar-refractivity contribution < 1.29 is 0 Å². The number of unbranched alkanes of at least 4 members (excludes halogenated alkanes) is 1. The Morgan fingerprint density at radius 2 is 1.68 bits per heavy atom. The van der Waals surface area contributed by atoms with Crippen LogP contribution in [0.1, 0.15) is 31.7 Å². The summed E-state index contributed by atoms with van der Waals surface area (Å²) < 4.78 is 0. The van der Waals surface area contributed by atoms with Crippen LogP contribution < -0.4 is 0 Å². The van der Waals surface area contributed by atoms with E-state index in [1.165, 1.54) is 31.2 Å². The van der Waals surface area contributed by atoms with E-state index in [0.717, 1.165) is 24.7 Å². The Kier molecular flexibility index (Phi) is 4.83. The normalized spacial score (nSPS) is 15.8. The van der Waals surface area contributed by atoms with Gasteiger partial charge in [0.1, 0.15) is 0 Å². The number of aliphatic imine (C=N–C) groups is 1. The van der Waals surface area contributed by atoms with E-state index in [4.69, 9.17) is 4.99 Å². The van der Waals surface area contributed by atoms with Gasteiger partial charge in [-0.2, -0.15) is 0 Å². The molecule has 3 nitrogen and oxygen atoms in total. The van der Waals surface area contributed by atoms with Crippen LogP contribution in [-0.2, 0) is 6.42 Å². The van der Waals surface area contributed by atoms with E-state index in [2.05, 4.69) is 55.1 Å². The lowest BCUT2D eigenvalue weighted by atomic mass is 10.1. The SMILES string of the molecule is CCCCc1ccc(N=C2N(C)CCCN2C)cc1. The number of rotatable bonds is 4. The van der Waals surface area contributed by atoms with E-state index in [0.29, 0.717) is 0 Å². The van der Waals surface area contributed by atoms with Gasteiger partial charge in [0.05, 0.1) is 5.69 Å². The molecular weight excluding hydrogens is 234 g/mol. The molecule has 2 rings (SSSR count). The second-order valence-corrected chi connectivity index (χ2v) is 5.38. The number of aryl methyl sites for hydroxylation is 1. The minimum absolute atomic E-state index is 1.05. The molecule has 0 saturated carbocycles. The zero-order valence-corrected chi connectivity index (χ0v) is 12.4. The fourth-order valence-corrected chi connectivity index (χ4v) is 2.44. The predicted molar refractivity (Wildman–Crippen MR) is 82.0 cm³/mol. The first-order valence-electron chi connectivity index (χ1n) is 7.30. The van der Waals surface area contributed by atoms with Gasteiger partial charge in [-0.15, -0.1) is 0 Å². The van der Waals surface area contributed by atoms with Gasteiger partial charge in [0.25, 0.3) is 0 Å². The van der Waals surface area contributed by atoms with Gasteiger partial charge >= 0.3 is 0 Å². The van der Waals surface area contributed by atoms with Crippen molar-refractivity contribution in [3.63, 3.8) is 0 Å². The molecule has 1 saturated heterocycles. The average molecular weight is 259 g/mol. The van der Waals surface area contributed by atoms with Gasteiger partial charge in [-0.1, -0.05) is 25.5 Å². The van der Waals surface area contributed by atoms with Crippen molar-refractivity contribution in [1.82, 2.24) is 9.80 Å². The maximum atomic E-state index is 4.77. The average Bonchev–Trinajstić information content (AvgIpc) is 2.42. The Hall–Kier alpha value is -1.51. The van der Waals surface area contributed by atoms with Crippen LogP contribution in [0.3, 0.4) is 0 Å². The first kappa shape index (κ1) is 13.9. The Morgan fingerprint density at radius 1 is 1.05 bits per heavy atom. The van der Waals surface area contributed by atoms with Crippen molar-refractivity contribution in [2.75, 3.05) is 27.2 Å². The van der Waals surface area contributed by atoms with Crippen molar-refractivity contribution in [3.05, 3.63) is 29.8 Å². The molecule has 0 bridgehead atoms. The number of benzene rings is 1. The lowest BCUT2D eigenvalue weighted by Gasteiger charge is -2.34. The molecule has 1 fully saturated rings. The second-order valence-electron chi connectivity index (χ2n) is 5.38. The lowest BCUT2D eigenvalue weighted by molar-refractivity contribution is 0.319. The van der Waals surface area contributed by atoms with Crippen molar-refractivity contribution in [3.8, 4) is 0 Å². The Morgan fingerprint density at radius 3 is 2.26 bits per heavy atom. The maximum absolute atomic E-state index is 4.77. The first-order valence-corrected chi connectivity index (χ1v) is 7.30. The highest BCUT2D eigenvalue weighted by Gasteiger charge is 2.17. The standard InChI is InChI=1S/C16H25N3/c1-4-5-7-14-8-10-15(11-9-14)17-16-18(2)12-6-13-19(16)3/h8-11H,4-7,12-13H2,1-3H3. The lowest BCUT2D eigenvalue weighted by Crippen LogP contribution is -2.46. The third kappa shape index (κ3) is 3.72. The van der Waals surface area contributed by atoms with Crippen molar-refractivity contribution in [2.24, 2.45) is 4.99 Å². The van der Waals surface area contributed by atoms with E-state index in [1.54, 1.807) is 0 Å². The van der Waals surface area contributed by atoms with Crippen LogP contribution in [0, 0.1) is 0 Å². The van der Waals surface area contributed by atoms with E-state index in [1.807, 2.05) is 0 Å². The third-order valence-corrected chi connectivity index (χ3v) is 3.65. The van der Waals surface area contributed by atoms with Gasteiger partial charge in [-0.3, -0.25) is 0 Å². The minimum Gasteiger partial charge on any atom is -0.346 e. The number of hydrogen-bond acceptors (Lipinski definition) is 1. The topological polar surface area (TPSA) is 18.8 Å². The summed E-state index contributed by atoms with van der Waals surface area (Å²) in [4.78, 5) is 9.23. The molecule has 0 spiro atoms. The Labute approximate surface area is 116 Å². The highest BCUT2D eigenvalue weighted by Crippen LogP contribution is 2.17. The Balaban J connectivity index is 2.09. The fraction of sp³-hybridized carbons (Fsp3) is 0.562. The summed E-state index contributed by atoms with van der Waals surface area (Å²) in [7, 11) is 4.23. The molecule has 3 heteroatoms. The summed E-state index contributed by atoms with van der Waals surface area (Å²) in [5.41, 5.74) is 2.46. The molecule has 104 valence electrons. The maximum Gasteiger partial charge on any atom is 0.201 e. The summed E-state index contributed by atoms with van der Waals surface area (Å²) in [5.74, 6) is 1.08. The number of nitrogens with zero attached hydrogens (tertiary/aromatic N) is 3. The fourth-order valence-electron chi connectivity index (χ4n) is 2.44. The predicted octanol–water partition coefficient (Wildman–Crippen LogP) is 3.28. The van der Waals surface area contributed by atoms with Crippen LogP contribution in [0.5, 0.6) is 0 Å². The zero-order chi connectivity index (χ0) is 13.7. The van der Waals surface area contributed by atoms with Crippen molar-refractivity contribution in [1.29, 1.82) is 0 Å². The van der Waals surface area contributed by atoms with E-state index in [9.17, 15) is 0 Å². The molecule has 1 aliphatic heterocycles. The van der Waals surface area contributed by atoms with E-state index >= 15 is 0 Å². The van der Waals surface area contributed by atoms with Gasteiger partial charge in [0, 0.05) is 27.2 Å². The van der Waals surface area contributed by atoms with E-state index in [-0.39, 0.29) is 0 Å². The molecule has 0 N–H and O–H groups in total. The third-order valence-electron chi connectivity index (χ3n) is 3.65. The molecule has 1 aromatic rings. The summed E-state index contributed by atoms with van der Waals surface area (Å²) in [5, 5.41) is 0. The van der Waals surface area contributed by atoms with Gasteiger partial charge in [0.15, 0.2) is 0 Å². The molecule has 0 aromatic heterocycles. The highest BCUT2D eigenvalue weighted by atomic mass is 15.4. The molecule has 1 aromatic carbocycles. The molecule has 1 aliphatic rings. The molecule has 19 heavy (non-hydrogen) atoms. The molecular formula is C16H25N3. The van der Waals surface area contributed by atoms with Crippen LogP contribution in [0.15, 0.2) is 29.3 Å². The molecule has 0 unspecified atom stereocenters.